The Labute approximate surface area is 254 Å². The zero-order valence-corrected chi connectivity index (χ0v) is 25.9. The Morgan fingerprint density at radius 2 is 1.44 bits per heavy atom. The highest BCUT2D eigenvalue weighted by Crippen LogP contribution is 2.27. The summed E-state index contributed by atoms with van der Waals surface area (Å²) in [5.74, 6) is 0.511. The van der Waals surface area contributed by atoms with E-state index in [2.05, 4.69) is 5.32 Å². The van der Waals surface area contributed by atoms with Gasteiger partial charge in [0.1, 0.15) is 24.1 Å². The smallest absolute Gasteiger partial charge is 0.264 e. The van der Waals surface area contributed by atoms with Gasteiger partial charge in [0.25, 0.3) is 10.0 Å². The van der Waals surface area contributed by atoms with E-state index >= 15 is 0 Å². The fraction of sp³-hybridized carbons (Fsp3) is 0.394. The molecular formula is C33H41N3O6S. The minimum atomic E-state index is -4.13. The van der Waals surface area contributed by atoms with E-state index in [4.69, 9.17) is 9.47 Å². The molecule has 3 aromatic rings. The highest BCUT2D eigenvalue weighted by Gasteiger charge is 2.34. The van der Waals surface area contributed by atoms with Crippen LogP contribution < -0.4 is 19.1 Å². The van der Waals surface area contributed by atoms with E-state index < -0.39 is 28.5 Å². The summed E-state index contributed by atoms with van der Waals surface area (Å²) < 4.78 is 39.5. The maximum Gasteiger partial charge on any atom is 0.264 e. The van der Waals surface area contributed by atoms with Gasteiger partial charge in [-0.1, -0.05) is 56.5 Å². The average molecular weight is 608 g/mol. The van der Waals surface area contributed by atoms with Gasteiger partial charge >= 0.3 is 0 Å². The number of ether oxygens (including phenoxy) is 2. The molecule has 0 aliphatic heterocycles. The van der Waals surface area contributed by atoms with Gasteiger partial charge in [0.2, 0.25) is 11.8 Å². The third-order valence-electron chi connectivity index (χ3n) is 7.82. The summed E-state index contributed by atoms with van der Waals surface area (Å²) >= 11 is 0. The first-order chi connectivity index (χ1) is 20.8. The van der Waals surface area contributed by atoms with Gasteiger partial charge in [-0.3, -0.25) is 13.9 Å². The number of hydrogen-bond donors (Lipinski definition) is 1. The standard InChI is InChI=1S/C33H41N3O6S/c1-4-31(33(38)34-26-11-7-5-8-12-26)35(23-25-15-19-28(41-2)20-16-25)32(37)24-36(27-17-21-29(42-3)22-18-27)43(39,40)30-13-9-6-10-14-30/h6,9-10,13-22,26,31H,4-5,7-8,11-12,23-24H2,1-3H3,(H,34,38)/t31-/m0/s1. The average Bonchev–Trinajstić information content (AvgIpc) is 3.04. The summed E-state index contributed by atoms with van der Waals surface area (Å²) in [6.45, 7) is 1.50. The van der Waals surface area contributed by atoms with E-state index in [-0.39, 0.29) is 23.4 Å². The van der Waals surface area contributed by atoms with Gasteiger partial charge in [0.15, 0.2) is 0 Å². The molecular weight excluding hydrogens is 566 g/mol. The molecule has 0 radical (unpaired) electrons. The van der Waals surface area contributed by atoms with Crippen LogP contribution in [-0.2, 0) is 26.2 Å². The molecule has 10 heteroatoms. The minimum Gasteiger partial charge on any atom is -0.497 e. The number of anilines is 1. The van der Waals surface area contributed by atoms with E-state index in [0.29, 0.717) is 23.6 Å². The fourth-order valence-corrected chi connectivity index (χ4v) is 6.82. The summed E-state index contributed by atoms with van der Waals surface area (Å²) in [7, 11) is -1.03. The maximum atomic E-state index is 14.2. The van der Waals surface area contributed by atoms with Crippen LogP contribution in [0, 0.1) is 0 Å². The number of rotatable bonds is 13. The normalized spacial score (nSPS) is 14.4. The van der Waals surface area contributed by atoms with E-state index in [1.807, 2.05) is 19.1 Å². The Morgan fingerprint density at radius 3 is 2.00 bits per heavy atom. The van der Waals surface area contributed by atoms with Gasteiger partial charge < -0.3 is 19.7 Å². The Morgan fingerprint density at radius 1 is 0.860 bits per heavy atom. The van der Waals surface area contributed by atoms with Gasteiger partial charge in [-0.05, 0) is 73.4 Å². The second-order valence-electron chi connectivity index (χ2n) is 10.7. The van der Waals surface area contributed by atoms with Crippen LogP contribution in [0.4, 0.5) is 5.69 Å². The van der Waals surface area contributed by atoms with Crippen molar-refractivity contribution in [3.05, 3.63) is 84.4 Å². The molecule has 0 spiro atoms. The summed E-state index contributed by atoms with van der Waals surface area (Å²) in [6, 6.07) is 21.1. The van der Waals surface area contributed by atoms with Crippen LogP contribution in [-0.4, -0.2) is 58.0 Å². The van der Waals surface area contributed by atoms with Gasteiger partial charge in [-0.25, -0.2) is 8.42 Å². The number of benzene rings is 3. The van der Waals surface area contributed by atoms with Crippen LogP contribution in [0.3, 0.4) is 0 Å². The molecule has 1 aliphatic rings. The van der Waals surface area contributed by atoms with Crippen LogP contribution in [0.5, 0.6) is 11.5 Å². The van der Waals surface area contributed by atoms with Crippen molar-refractivity contribution >= 4 is 27.5 Å². The molecule has 43 heavy (non-hydrogen) atoms. The van der Waals surface area contributed by atoms with Crippen molar-refractivity contribution < 1.29 is 27.5 Å². The maximum absolute atomic E-state index is 14.2. The van der Waals surface area contributed by atoms with Gasteiger partial charge in [-0.15, -0.1) is 0 Å². The van der Waals surface area contributed by atoms with Crippen LogP contribution in [0.2, 0.25) is 0 Å². The molecule has 230 valence electrons. The second-order valence-corrected chi connectivity index (χ2v) is 12.5. The Balaban J connectivity index is 1.69. The van der Waals surface area contributed by atoms with Crippen molar-refractivity contribution in [1.29, 1.82) is 0 Å². The zero-order chi connectivity index (χ0) is 30.8. The predicted molar refractivity (Wildman–Crippen MR) is 167 cm³/mol. The molecule has 1 N–H and O–H groups in total. The van der Waals surface area contributed by atoms with Gasteiger partial charge in [0, 0.05) is 12.6 Å². The topological polar surface area (TPSA) is 105 Å². The van der Waals surface area contributed by atoms with Crippen molar-refractivity contribution in [2.45, 2.75) is 69.0 Å². The number of nitrogens with one attached hydrogen (secondary N) is 1. The largest absolute Gasteiger partial charge is 0.497 e. The lowest BCUT2D eigenvalue weighted by Gasteiger charge is -2.34. The Kier molecular flexibility index (Phi) is 11.1. The van der Waals surface area contributed by atoms with Crippen molar-refractivity contribution in [1.82, 2.24) is 10.2 Å². The first-order valence-electron chi connectivity index (χ1n) is 14.7. The number of carbonyl (C=O) groups excluding carboxylic acids is 2. The van der Waals surface area contributed by atoms with Crippen LogP contribution >= 0.6 is 0 Å². The number of methoxy groups -OCH3 is 2. The monoisotopic (exact) mass is 607 g/mol. The molecule has 9 nitrogen and oxygen atoms in total. The van der Waals surface area contributed by atoms with Crippen LogP contribution in [0.25, 0.3) is 0 Å². The number of hydrogen-bond acceptors (Lipinski definition) is 6. The molecule has 4 rings (SSSR count). The highest BCUT2D eigenvalue weighted by molar-refractivity contribution is 7.92. The summed E-state index contributed by atoms with van der Waals surface area (Å²) in [5, 5.41) is 3.16. The minimum absolute atomic E-state index is 0.0578. The molecule has 0 bridgehead atoms. The quantitative estimate of drug-likeness (QED) is 0.288. The molecule has 0 heterocycles. The van der Waals surface area contributed by atoms with Crippen LogP contribution in [0.1, 0.15) is 51.0 Å². The number of sulfonamides is 1. The lowest BCUT2D eigenvalue weighted by Crippen LogP contribution is -2.54. The zero-order valence-electron chi connectivity index (χ0n) is 25.1. The SMILES string of the molecule is CC[C@@H](C(=O)NC1CCCCC1)N(Cc1ccc(OC)cc1)C(=O)CN(c1ccc(OC)cc1)S(=O)(=O)c1ccccc1. The van der Waals surface area contributed by atoms with Crippen molar-refractivity contribution in [3.63, 3.8) is 0 Å². The molecule has 2 amide bonds. The van der Waals surface area contributed by atoms with E-state index in [0.717, 1.165) is 42.0 Å². The van der Waals surface area contributed by atoms with E-state index in [1.165, 1.54) is 24.1 Å². The second kappa shape index (κ2) is 14.9. The first kappa shape index (κ1) is 31.9. The lowest BCUT2D eigenvalue weighted by atomic mass is 9.95. The third kappa shape index (κ3) is 8.07. The summed E-state index contributed by atoms with van der Waals surface area (Å²) in [4.78, 5) is 29.5. The van der Waals surface area contributed by atoms with Crippen molar-refractivity contribution in [3.8, 4) is 11.5 Å². The molecule has 1 atom stereocenters. The molecule has 1 fully saturated rings. The van der Waals surface area contributed by atoms with Gasteiger partial charge in [0.05, 0.1) is 24.8 Å². The fourth-order valence-electron chi connectivity index (χ4n) is 5.39. The number of carbonyl (C=O) groups is 2. The summed E-state index contributed by atoms with van der Waals surface area (Å²) in [6.07, 6.45) is 5.47. The molecule has 0 unspecified atom stereocenters. The van der Waals surface area contributed by atoms with Crippen LogP contribution in [0.15, 0.2) is 83.8 Å². The Bertz CT molecular complexity index is 1440. The Hall–Kier alpha value is -4.05. The molecule has 1 aliphatic carbocycles. The molecule has 0 aromatic heterocycles. The van der Waals surface area contributed by atoms with Gasteiger partial charge in [-0.2, -0.15) is 0 Å². The number of nitrogens with zero attached hydrogens (tertiary/aromatic N) is 2. The first-order valence-corrected chi connectivity index (χ1v) is 16.2. The van der Waals surface area contributed by atoms with Crippen molar-refractivity contribution in [2.24, 2.45) is 0 Å². The highest BCUT2D eigenvalue weighted by atomic mass is 32.2. The van der Waals surface area contributed by atoms with E-state index in [1.54, 1.807) is 61.7 Å². The molecule has 0 saturated heterocycles. The van der Waals surface area contributed by atoms with Crippen molar-refractivity contribution in [2.75, 3.05) is 25.1 Å². The lowest BCUT2D eigenvalue weighted by molar-refractivity contribution is -0.140. The molecule has 1 saturated carbocycles. The predicted octanol–water partition coefficient (Wildman–Crippen LogP) is 5.16. The molecule has 3 aromatic carbocycles. The van der Waals surface area contributed by atoms with E-state index in [9.17, 15) is 18.0 Å². The number of amides is 2. The third-order valence-corrected chi connectivity index (χ3v) is 9.61. The summed E-state index contributed by atoms with van der Waals surface area (Å²) in [5.41, 5.74) is 1.10.